The summed E-state index contributed by atoms with van der Waals surface area (Å²) in [4.78, 5) is 28.1. The number of aryl methyl sites for hydroxylation is 2. The number of aliphatic carboxylic acids is 1. The maximum atomic E-state index is 12.7. The van der Waals surface area contributed by atoms with E-state index < -0.39 is 11.7 Å². The normalized spacial score (nSPS) is 10.7. The van der Waals surface area contributed by atoms with Gasteiger partial charge >= 0.3 is 11.7 Å². The van der Waals surface area contributed by atoms with Crippen LogP contribution >= 0.6 is 0 Å². The molecule has 0 aliphatic heterocycles. The molecule has 0 aliphatic rings. The average Bonchev–Trinajstić information content (AvgIpc) is 2.79. The first-order valence-corrected chi connectivity index (χ1v) is 10.00. The Hall–Kier alpha value is -4.06. The molecule has 0 fully saturated rings. The molecule has 0 bridgehead atoms. The van der Waals surface area contributed by atoms with E-state index in [0.29, 0.717) is 24.4 Å². The van der Waals surface area contributed by atoms with Crippen LogP contribution in [0.25, 0.3) is 22.5 Å². The lowest BCUT2D eigenvalue weighted by atomic mass is 10.0. The number of carboxylic acids is 1. The molecule has 0 saturated carbocycles. The van der Waals surface area contributed by atoms with Crippen LogP contribution in [0.5, 0.6) is 0 Å². The third kappa shape index (κ3) is 4.93. The fourth-order valence-electron chi connectivity index (χ4n) is 3.46. The van der Waals surface area contributed by atoms with Gasteiger partial charge in [0.15, 0.2) is 0 Å². The van der Waals surface area contributed by atoms with Gasteiger partial charge in [-0.3, -0.25) is 4.79 Å². The Labute approximate surface area is 179 Å². The van der Waals surface area contributed by atoms with Crippen LogP contribution in [0.2, 0.25) is 0 Å². The zero-order valence-corrected chi connectivity index (χ0v) is 16.8. The van der Waals surface area contributed by atoms with Crippen molar-refractivity contribution in [3.05, 3.63) is 107 Å². The van der Waals surface area contributed by atoms with E-state index in [9.17, 15) is 9.59 Å². The number of rotatable bonds is 7. The Balaban J connectivity index is 1.68. The third-order valence-corrected chi connectivity index (χ3v) is 4.93. The Morgan fingerprint density at radius 1 is 0.806 bits per heavy atom. The van der Waals surface area contributed by atoms with Crippen LogP contribution in [0.1, 0.15) is 11.1 Å². The van der Waals surface area contributed by atoms with E-state index in [2.05, 4.69) is 10.1 Å². The van der Waals surface area contributed by atoms with Gasteiger partial charge in [0.1, 0.15) is 11.4 Å². The summed E-state index contributed by atoms with van der Waals surface area (Å²) in [6, 6.07) is 26.6. The van der Waals surface area contributed by atoms with Gasteiger partial charge < -0.3 is 5.11 Å². The Bertz CT molecular complexity index is 1250. The Kier molecular flexibility index (Phi) is 5.98. The van der Waals surface area contributed by atoms with Crippen LogP contribution in [0.4, 0.5) is 0 Å². The van der Waals surface area contributed by atoms with E-state index in [1.165, 1.54) is 4.68 Å². The Morgan fingerprint density at radius 2 is 1.42 bits per heavy atom. The molecule has 0 unspecified atom stereocenters. The van der Waals surface area contributed by atoms with E-state index in [0.717, 1.165) is 22.3 Å². The molecule has 0 aliphatic carbocycles. The first kappa shape index (κ1) is 20.2. The number of hydrogen-bond donors (Lipinski definition) is 1. The summed E-state index contributed by atoms with van der Waals surface area (Å²) in [5.74, 6) is -0.872. The highest BCUT2D eigenvalue weighted by Crippen LogP contribution is 2.27. The fourth-order valence-corrected chi connectivity index (χ4v) is 3.46. The first-order valence-electron chi connectivity index (χ1n) is 10.00. The molecule has 31 heavy (non-hydrogen) atoms. The molecule has 6 heteroatoms. The summed E-state index contributed by atoms with van der Waals surface area (Å²) < 4.78 is 1.37. The topological polar surface area (TPSA) is 85.1 Å². The fraction of sp³-hybridized carbons (Fsp3) is 0.120. The lowest BCUT2D eigenvalue weighted by Gasteiger charge is -2.12. The number of hydrogen-bond acceptors (Lipinski definition) is 4. The van der Waals surface area contributed by atoms with E-state index in [1.54, 1.807) is 6.07 Å². The molecule has 0 amide bonds. The maximum Gasteiger partial charge on any atom is 0.364 e. The summed E-state index contributed by atoms with van der Waals surface area (Å²) in [6.45, 7) is 0.345. The molecule has 0 radical (unpaired) electrons. The van der Waals surface area contributed by atoms with Gasteiger partial charge in [-0.15, -0.1) is 0 Å². The minimum absolute atomic E-state index is 0.0302. The number of nitrogens with zero attached hydrogens (tertiary/aromatic N) is 3. The summed E-state index contributed by atoms with van der Waals surface area (Å²) in [6.07, 6.45) is 0.512. The van der Waals surface area contributed by atoms with Gasteiger partial charge in [-0.1, -0.05) is 84.9 Å². The minimum Gasteiger partial charge on any atom is -0.481 e. The van der Waals surface area contributed by atoms with Gasteiger partial charge in [-0.25, -0.2) is 9.48 Å². The van der Waals surface area contributed by atoms with Crippen LogP contribution in [0.3, 0.4) is 0 Å². The molecular weight excluding hydrogens is 390 g/mol. The van der Waals surface area contributed by atoms with Gasteiger partial charge in [-0.05, 0) is 17.5 Å². The molecule has 6 nitrogen and oxygen atoms in total. The van der Waals surface area contributed by atoms with Crippen molar-refractivity contribution in [3.8, 4) is 22.5 Å². The largest absolute Gasteiger partial charge is 0.481 e. The zero-order chi connectivity index (χ0) is 21.6. The van der Waals surface area contributed by atoms with Crippen molar-refractivity contribution < 1.29 is 9.90 Å². The minimum atomic E-state index is -0.872. The van der Waals surface area contributed by atoms with Crippen LogP contribution in [0.15, 0.2) is 89.7 Å². The first-order chi connectivity index (χ1) is 15.1. The molecule has 154 valence electrons. The van der Waals surface area contributed by atoms with E-state index >= 15 is 0 Å². The smallest absolute Gasteiger partial charge is 0.364 e. The second-order valence-corrected chi connectivity index (χ2v) is 7.19. The van der Waals surface area contributed by atoms with Crippen LogP contribution < -0.4 is 5.69 Å². The number of carbonyl (C=O) groups is 1. The van der Waals surface area contributed by atoms with Gasteiger partial charge in [0, 0.05) is 11.1 Å². The van der Waals surface area contributed by atoms with Gasteiger partial charge in [0.25, 0.3) is 0 Å². The maximum absolute atomic E-state index is 12.7. The second-order valence-electron chi connectivity index (χ2n) is 7.19. The average molecular weight is 411 g/mol. The second kappa shape index (κ2) is 9.17. The van der Waals surface area contributed by atoms with Crippen molar-refractivity contribution in [1.29, 1.82) is 0 Å². The van der Waals surface area contributed by atoms with Gasteiger partial charge in [0.2, 0.25) is 0 Å². The van der Waals surface area contributed by atoms with Crippen molar-refractivity contribution in [3.63, 3.8) is 0 Å². The molecule has 4 rings (SSSR count). The molecule has 1 heterocycles. The number of carboxylic acid groups (broad SMARTS) is 1. The molecule has 1 aromatic heterocycles. The highest BCUT2D eigenvalue weighted by atomic mass is 16.4. The van der Waals surface area contributed by atoms with Crippen molar-refractivity contribution in [1.82, 2.24) is 14.8 Å². The number of aromatic nitrogens is 3. The molecule has 0 saturated heterocycles. The zero-order valence-electron chi connectivity index (χ0n) is 16.8. The van der Waals surface area contributed by atoms with Gasteiger partial charge in [-0.2, -0.15) is 10.1 Å². The van der Waals surface area contributed by atoms with E-state index in [1.807, 2.05) is 78.9 Å². The highest BCUT2D eigenvalue weighted by molar-refractivity contribution is 5.77. The predicted octanol–water partition coefficient (Wildman–Crippen LogP) is 3.84. The molecule has 0 spiro atoms. The number of benzene rings is 3. The van der Waals surface area contributed by atoms with Crippen LogP contribution in [-0.4, -0.2) is 25.8 Å². The van der Waals surface area contributed by atoms with E-state index in [-0.39, 0.29) is 6.42 Å². The van der Waals surface area contributed by atoms with Crippen molar-refractivity contribution in [2.75, 3.05) is 0 Å². The molecule has 4 aromatic rings. The lowest BCUT2D eigenvalue weighted by molar-refractivity contribution is -0.136. The monoisotopic (exact) mass is 411 g/mol. The predicted molar refractivity (Wildman–Crippen MR) is 119 cm³/mol. The van der Waals surface area contributed by atoms with Gasteiger partial charge in [0.05, 0.1) is 13.0 Å². The van der Waals surface area contributed by atoms with Crippen LogP contribution in [0, 0.1) is 0 Å². The summed E-state index contributed by atoms with van der Waals surface area (Å²) in [5.41, 5.74) is 4.17. The van der Waals surface area contributed by atoms with Crippen molar-refractivity contribution >= 4 is 5.97 Å². The quantitative estimate of drug-likeness (QED) is 0.499. The van der Waals surface area contributed by atoms with Crippen LogP contribution in [-0.2, 0) is 24.2 Å². The van der Waals surface area contributed by atoms with E-state index in [4.69, 9.17) is 5.11 Å². The van der Waals surface area contributed by atoms with Crippen molar-refractivity contribution in [2.24, 2.45) is 0 Å². The lowest BCUT2D eigenvalue weighted by Crippen LogP contribution is -2.27. The SMILES string of the molecule is O=C(O)Cc1cccc(CCn2nc(-c3ccccc3)c(-c3ccccc3)nc2=O)c1. The molecule has 3 aromatic carbocycles. The summed E-state index contributed by atoms with van der Waals surface area (Å²) in [7, 11) is 0. The molecule has 1 N–H and O–H groups in total. The molecular formula is C25H21N3O3. The Morgan fingerprint density at radius 3 is 2.06 bits per heavy atom. The van der Waals surface area contributed by atoms with Crippen molar-refractivity contribution in [2.45, 2.75) is 19.4 Å². The highest BCUT2D eigenvalue weighted by Gasteiger charge is 2.14. The standard InChI is InChI=1S/C25H21N3O3/c29-22(30)17-19-9-7-8-18(16-19)14-15-28-25(31)26-23(20-10-3-1-4-11-20)24(27-28)21-12-5-2-6-13-21/h1-13,16H,14-15,17H2,(H,29,30). The summed E-state index contributed by atoms with van der Waals surface area (Å²) in [5, 5.41) is 13.6. The third-order valence-electron chi connectivity index (χ3n) is 4.93. The molecule has 0 atom stereocenters. The summed E-state index contributed by atoms with van der Waals surface area (Å²) >= 11 is 0.